The first kappa shape index (κ1) is 24.1. The van der Waals surface area contributed by atoms with Crippen molar-refractivity contribution in [1.29, 1.82) is 0 Å². The fourth-order valence-corrected chi connectivity index (χ4v) is 5.90. The van der Waals surface area contributed by atoms with Gasteiger partial charge < -0.3 is 14.2 Å². The van der Waals surface area contributed by atoms with Crippen molar-refractivity contribution in [3.8, 4) is 0 Å². The molecule has 0 bridgehead atoms. The van der Waals surface area contributed by atoms with Crippen LogP contribution in [-0.4, -0.2) is 85.3 Å². The lowest BCUT2D eigenvalue weighted by Gasteiger charge is -2.46. The lowest BCUT2D eigenvalue weighted by atomic mass is 9.69. The maximum Gasteiger partial charge on any atom is 0.410 e. The molecule has 3 aliphatic rings. The zero-order valence-electron chi connectivity index (χ0n) is 18.8. The molecule has 6 atom stereocenters. The Morgan fingerprint density at radius 1 is 0.903 bits per heavy atom. The number of amides is 1. The van der Waals surface area contributed by atoms with Gasteiger partial charge in [0.1, 0.15) is 12.1 Å². The first-order chi connectivity index (χ1) is 14.9. The number of nitrogens with zero attached hydrogens (tertiary/aromatic N) is 2. The first-order valence-corrected chi connectivity index (χ1v) is 11.9. The van der Waals surface area contributed by atoms with E-state index in [2.05, 4.69) is 4.90 Å². The highest BCUT2D eigenvalue weighted by Gasteiger charge is 2.46. The molecule has 0 N–H and O–H groups in total. The molecule has 0 aromatic heterocycles. The van der Waals surface area contributed by atoms with E-state index < -0.39 is 12.1 Å². The molecule has 0 aromatic carbocycles. The number of alkyl halides is 1. The fraction of sp³-hybridized carbons (Fsp3) is 0.864. The molecule has 0 spiro atoms. The zero-order chi connectivity index (χ0) is 22.5. The molecule has 1 saturated carbocycles. The van der Waals surface area contributed by atoms with E-state index >= 15 is 0 Å². The number of rotatable bonds is 6. The van der Waals surface area contributed by atoms with E-state index in [-0.39, 0.29) is 30.0 Å². The predicted molar refractivity (Wildman–Crippen MR) is 115 cm³/mol. The smallest absolute Gasteiger partial charge is 0.410 e. The fourth-order valence-electron chi connectivity index (χ4n) is 5.56. The van der Waals surface area contributed by atoms with E-state index in [4.69, 9.17) is 25.8 Å². The van der Waals surface area contributed by atoms with Gasteiger partial charge in [-0.3, -0.25) is 14.6 Å². The van der Waals surface area contributed by atoms with Crippen molar-refractivity contribution < 1.29 is 28.6 Å². The van der Waals surface area contributed by atoms with E-state index in [0.717, 1.165) is 25.8 Å². The van der Waals surface area contributed by atoms with Crippen molar-refractivity contribution in [3.63, 3.8) is 0 Å². The number of ether oxygens (including phenoxy) is 3. The van der Waals surface area contributed by atoms with E-state index in [9.17, 15) is 14.4 Å². The molecule has 2 heterocycles. The van der Waals surface area contributed by atoms with Crippen LogP contribution in [0.25, 0.3) is 0 Å². The highest BCUT2D eigenvalue weighted by atomic mass is 35.5. The second-order valence-electron chi connectivity index (χ2n) is 8.88. The average molecular weight is 459 g/mol. The molecule has 0 aromatic rings. The largest absolute Gasteiger partial charge is 0.465 e. The molecule has 2 saturated heterocycles. The zero-order valence-corrected chi connectivity index (χ0v) is 19.5. The number of hydrogen-bond acceptors (Lipinski definition) is 7. The van der Waals surface area contributed by atoms with Crippen molar-refractivity contribution >= 4 is 29.6 Å². The summed E-state index contributed by atoms with van der Waals surface area (Å²) in [5.74, 6) is 0.562. The molecule has 2 aliphatic heterocycles. The molecule has 2 unspecified atom stereocenters. The molecular weight excluding hydrogens is 424 g/mol. The van der Waals surface area contributed by atoms with Crippen molar-refractivity contribution in [2.24, 2.45) is 17.8 Å². The van der Waals surface area contributed by atoms with Gasteiger partial charge in [-0.2, -0.15) is 0 Å². The Balaban J connectivity index is 1.64. The maximum atomic E-state index is 12.5. The van der Waals surface area contributed by atoms with E-state index in [1.807, 2.05) is 6.92 Å². The summed E-state index contributed by atoms with van der Waals surface area (Å²) in [6.07, 6.45) is 3.72. The summed E-state index contributed by atoms with van der Waals surface area (Å²) in [5.41, 5.74) is 0. The Kier molecular flexibility index (Phi) is 8.44. The van der Waals surface area contributed by atoms with Crippen LogP contribution in [0.1, 0.15) is 46.0 Å². The molecule has 8 nitrogen and oxygen atoms in total. The highest BCUT2D eigenvalue weighted by Crippen LogP contribution is 2.42. The molecule has 9 heteroatoms. The SMILES string of the molecule is CCOC(=O)C1CC2C[C@@H](CN3C[C@@H](Cl)C[C@H]3C(=O)OCC)CC[C@H]2CN1C(=O)OC. The summed E-state index contributed by atoms with van der Waals surface area (Å²) in [4.78, 5) is 40.9. The van der Waals surface area contributed by atoms with Crippen LogP contribution in [0.4, 0.5) is 4.79 Å². The van der Waals surface area contributed by atoms with Gasteiger partial charge in [-0.15, -0.1) is 11.6 Å². The number of carbonyl (C=O) groups excluding carboxylic acids is 3. The summed E-state index contributed by atoms with van der Waals surface area (Å²) < 4.78 is 15.4. The van der Waals surface area contributed by atoms with Crippen LogP contribution >= 0.6 is 11.6 Å². The number of halogens is 1. The molecule has 0 radical (unpaired) electrons. The first-order valence-electron chi connectivity index (χ1n) is 11.4. The molecule has 3 fully saturated rings. The van der Waals surface area contributed by atoms with Gasteiger partial charge in [-0.25, -0.2) is 9.59 Å². The summed E-state index contributed by atoms with van der Waals surface area (Å²) in [5, 5.41) is -0.0396. The normalized spacial score (nSPS) is 33.5. The Morgan fingerprint density at radius 3 is 2.23 bits per heavy atom. The second kappa shape index (κ2) is 10.9. The third-order valence-electron chi connectivity index (χ3n) is 6.95. The number of fused-ring (bicyclic) bond motifs is 1. The number of likely N-dealkylation sites (tertiary alicyclic amines) is 2. The summed E-state index contributed by atoms with van der Waals surface area (Å²) >= 11 is 6.37. The monoisotopic (exact) mass is 458 g/mol. The van der Waals surface area contributed by atoms with Gasteiger partial charge >= 0.3 is 18.0 Å². The summed E-state index contributed by atoms with van der Waals surface area (Å²) in [7, 11) is 1.34. The van der Waals surface area contributed by atoms with Crippen molar-refractivity contribution in [2.45, 2.75) is 63.4 Å². The summed E-state index contributed by atoms with van der Waals surface area (Å²) in [6, 6.07) is -0.868. The van der Waals surface area contributed by atoms with E-state index in [1.165, 1.54) is 12.0 Å². The number of carbonyl (C=O) groups is 3. The van der Waals surface area contributed by atoms with Crippen LogP contribution in [0.5, 0.6) is 0 Å². The van der Waals surface area contributed by atoms with Crippen LogP contribution < -0.4 is 0 Å². The van der Waals surface area contributed by atoms with E-state index in [1.54, 1.807) is 6.92 Å². The van der Waals surface area contributed by atoms with E-state index in [0.29, 0.717) is 50.3 Å². The quantitative estimate of drug-likeness (QED) is 0.343. The Hall–Kier alpha value is -1.54. The number of hydrogen-bond donors (Lipinski definition) is 0. The van der Waals surface area contributed by atoms with Gasteiger partial charge in [0.15, 0.2) is 0 Å². The minimum absolute atomic E-state index is 0.0396. The third kappa shape index (κ3) is 5.64. The minimum atomic E-state index is -0.598. The standard InChI is InChI=1S/C22H35ClN2O6/c1-4-30-20(26)18-10-17(23)13-24(18)11-14-6-7-15-12-25(22(28)29-3)19(9-16(15)8-14)21(27)31-5-2/h14-19H,4-13H2,1-3H3/t14-,15-,16?,17-,18-,19?/m0/s1. The molecule has 31 heavy (non-hydrogen) atoms. The average Bonchev–Trinajstić information content (AvgIpc) is 3.12. The van der Waals surface area contributed by atoms with Crippen LogP contribution in [0.3, 0.4) is 0 Å². The Morgan fingerprint density at radius 2 is 1.58 bits per heavy atom. The van der Waals surface area contributed by atoms with Crippen LogP contribution in [-0.2, 0) is 23.8 Å². The van der Waals surface area contributed by atoms with Crippen molar-refractivity contribution in [2.75, 3.05) is 40.0 Å². The number of methoxy groups -OCH3 is 1. The topological polar surface area (TPSA) is 85.4 Å². The van der Waals surface area contributed by atoms with Gasteiger partial charge in [-0.05, 0) is 63.7 Å². The van der Waals surface area contributed by atoms with Gasteiger partial charge in [0.05, 0.1) is 20.3 Å². The lowest BCUT2D eigenvalue weighted by molar-refractivity contribution is -0.153. The summed E-state index contributed by atoms with van der Waals surface area (Å²) in [6.45, 7) is 6.25. The lowest BCUT2D eigenvalue weighted by Crippen LogP contribution is -2.55. The minimum Gasteiger partial charge on any atom is -0.465 e. The highest BCUT2D eigenvalue weighted by molar-refractivity contribution is 6.21. The van der Waals surface area contributed by atoms with Gasteiger partial charge in [0.2, 0.25) is 0 Å². The van der Waals surface area contributed by atoms with Crippen LogP contribution in [0.15, 0.2) is 0 Å². The second-order valence-corrected chi connectivity index (χ2v) is 9.50. The number of piperidine rings is 1. The van der Waals surface area contributed by atoms with Crippen LogP contribution in [0, 0.1) is 17.8 Å². The van der Waals surface area contributed by atoms with Gasteiger partial charge in [0.25, 0.3) is 0 Å². The van der Waals surface area contributed by atoms with Crippen molar-refractivity contribution in [1.82, 2.24) is 9.80 Å². The molecule has 1 amide bonds. The van der Waals surface area contributed by atoms with Gasteiger partial charge in [0, 0.05) is 25.0 Å². The predicted octanol–water partition coefficient (Wildman–Crippen LogP) is 2.67. The molecule has 1 aliphatic carbocycles. The van der Waals surface area contributed by atoms with Gasteiger partial charge in [-0.1, -0.05) is 0 Å². The molecule has 3 rings (SSSR count). The third-order valence-corrected chi connectivity index (χ3v) is 7.27. The maximum absolute atomic E-state index is 12.5. The number of esters is 2. The Labute approximate surface area is 189 Å². The molecule has 176 valence electrons. The van der Waals surface area contributed by atoms with Crippen LogP contribution in [0.2, 0.25) is 0 Å². The molecular formula is C22H35ClN2O6. The Bertz CT molecular complexity index is 662. The van der Waals surface area contributed by atoms with Crippen molar-refractivity contribution in [3.05, 3.63) is 0 Å².